The number of nitrogens with two attached hydrogens (primary N) is 1. The van der Waals surface area contributed by atoms with Crippen LogP contribution >= 0.6 is 39.9 Å². The molecule has 21 heavy (non-hydrogen) atoms. The van der Waals surface area contributed by atoms with Gasteiger partial charge in [0, 0.05) is 17.1 Å². The van der Waals surface area contributed by atoms with Gasteiger partial charge in [0.25, 0.3) is 0 Å². The van der Waals surface area contributed by atoms with Gasteiger partial charge in [0.2, 0.25) is 10.0 Å². The summed E-state index contributed by atoms with van der Waals surface area (Å²) in [4.78, 5) is 0.0880. The van der Waals surface area contributed by atoms with Crippen molar-refractivity contribution >= 4 is 50.0 Å². The summed E-state index contributed by atoms with van der Waals surface area (Å²) in [6.07, 6.45) is 4.33. The van der Waals surface area contributed by atoms with Crippen LogP contribution in [0.25, 0.3) is 0 Å². The molecule has 8 heteroatoms. The molecule has 1 aliphatic rings. The molecular formula is C13H19BrCl2N2O2S. The Morgan fingerprint density at radius 3 is 2.57 bits per heavy atom. The Balaban J connectivity index is 0.00000220. The summed E-state index contributed by atoms with van der Waals surface area (Å²) in [5, 5.41) is 0.211. The van der Waals surface area contributed by atoms with Crippen molar-refractivity contribution in [3.8, 4) is 0 Å². The highest BCUT2D eigenvalue weighted by Crippen LogP contribution is 2.30. The van der Waals surface area contributed by atoms with Crippen LogP contribution in [0.15, 0.2) is 27.6 Å². The van der Waals surface area contributed by atoms with Crippen molar-refractivity contribution in [3.63, 3.8) is 0 Å². The molecule has 1 saturated carbocycles. The minimum Gasteiger partial charge on any atom is -0.329 e. The first-order valence-corrected chi connectivity index (χ1v) is 9.27. The van der Waals surface area contributed by atoms with Crippen LogP contribution in [-0.4, -0.2) is 21.0 Å². The Morgan fingerprint density at radius 1 is 1.38 bits per heavy atom. The zero-order valence-corrected chi connectivity index (χ0v) is 15.4. The summed E-state index contributed by atoms with van der Waals surface area (Å²) in [5.74, 6) is 0.320. The van der Waals surface area contributed by atoms with E-state index < -0.39 is 10.0 Å². The van der Waals surface area contributed by atoms with Crippen LogP contribution in [0, 0.1) is 5.92 Å². The lowest BCUT2D eigenvalue weighted by Gasteiger charge is -2.23. The third-order valence-electron chi connectivity index (χ3n) is 3.71. The molecular weight excluding hydrogens is 399 g/mol. The Kier molecular flexibility index (Phi) is 7.43. The Hall–Kier alpha value is 0.150. The Morgan fingerprint density at radius 2 is 2.00 bits per heavy atom. The highest BCUT2D eigenvalue weighted by molar-refractivity contribution is 9.10. The summed E-state index contributed by atoms with van der Waals surface area (Å²) < 4.78 is 28.3. The van der Waals surface area contributed by atoms with Gasteiger partial charge in [-0.3, -0.25) is 0 Å². The van der Waals surface area contributed by atoms with Crippen molar-refractivity contribution in [2.45, 2.75) is 36.6 Å². The van der Waals surface area contributed by atoms with Crippen LogP contribution in [0.1, 0.15) is 25.7 Å². The van der Waals surface area contributed by atoms with E-state index in [0.29, 0.717) is 16.9 Å². The van der Waals surface area contributed by atoms with Crippen molar-refractivity contribution < 1.29 is 8.42 Å². The van der Waals surface area contributed by atoms with Crippen LogP contribution in [0.2, 0.25) is 5.02 Å². The van der Waals surface area contributed by atoms with Crippen LogP contribution < -0.4 is 10.5 Å². The van der Waals surface area contributed by atoms with E-state index in [1.807, 2.05) is 0 Å². The van der Waals surface area contributed by atoms with Gasteiger partial charge in [0.1, 0.15) is 4.90 Å². The molecule has 1 fully saturated rings. The van der Waals surface area contributed by atoms with Gasteiger partial charge in [-0.25, -0.2) is 13.1 Å². The van der Waals surface area contributed by atoms with Gasteiger partial charge in [-0.05, 0) is 37.0 Å². The predicted molar refractivity (Wildman–Crippen MR) is 91.5 cm³/mol. The molecule has 0 saturated heterocycles. The van der Waals surface area contributed by atoms with E-state index >= 15 is 0 Å². The maximum atomic E-state index is 12.5. The molecule has 0 bridgehead atoms. The largest absolute Gasteiger partial charge is 0.329 e. The molecule has 1 unspecified atom stereocenters. The highest BCUT2D eigenvalue weighted by Gasteiger charge is 2.29. The summed E-state index contributed by atoms with van der Waals surface area (Å²) in [5.41, 5.74) is 5.74. The summed E-state index contributed by atoms with van der Waals surface area (Å²) in [6.45, 7) is 0.301. The molecule has 3 N–H and O–H groups in total. The molecule has 4 nitrogen and oxygen atoms in total. The van der Waals surface area contributed by atoms with Crippen molar-refractivity contribution in [1.82, 2.24) is 4.72 Å². The van der Waals surface area contributed by atoms with E-state index in [9.17, 15) is 8.42 Å². The first-order chi connectivity index (χ1) is 9.44. The summed E-state index contributed by atoms with van der Waals surface area (Å²) >= 11 is 9.26. The molecule has 1 atom stereocenters. The summed E-state index contributed by atoms with van der Waals surface area (Å²) in [7, 11) is -3.65. The van der Waals surface area contributed by atoms with E-state index in [4.69, 9.17) is 17.3 Å². The monoisotopic (exact) mass is 416 g/mol. The molecule has 2 rings (SSSR count). The molecule has 0 aromatic heterocycles. The van der Waals surface area contributed by atoms with E-state index in [0.717, 1.165) is 25.7 Å². The molecule has 0 spiro atoms. The maximum absolute atomic E-state index is 12.5. The van der Waals surface area contributed by atoms with Gasteiger partial charge in [-0.15, -0.1) is 12.4 Å². The SMILES string of the molecule is Cl.NCC(NS(=O)(=O)c1cc(Br)ccc1Cl)C1CCCC1. The number of hydrogen-bond acceptors (Lipinski definition) is 3. The lowest BCUT2D eigenvalue weighted by molar-refractivity contribution is 0.405. The third kappa shape index (κ3) is 4.81. The molecule has 0 radical (unpaired) electrons. The third-order valence-corrected chi connectivity index (χ3v) is 6.18. The number of sulfonamides is 1. The van der Waals surface area contributed by atoms with Gasteiger partial charge in [0.15, 0.2) is 0 Å². The van der Waals surface area contributed by atoms with Crippen molar-refractivity contribution in [1.29, 1.82) is 0 Å². The second-order valence-corrected chi connectivity index (χ2v) is 8.09. The zero-order valence-electron chi connectivity index (χ0n) is 11.4. The molecule has 0 amide bonds. The topological polar surface area (TPSA) is 72.2 Å². The second-order valence-electron chi connectivity index (χ2n) is 5.08. The lowest BCUT2D eigenvalue weighted by Crippen LogP contribution is -2.44. The molecule has 1 aliphatic carbocycles. The Labute approximate surface area is 145 Å². The van der Waals surface area contributed by atoms with Crippen molar-refractivity contribution in [2.24, 2.45) is 11.7 Å². The number of benzene rings is 1. The standard InChI is InChI=1S/C13H18BrClN2O2S.ClH/c14-10-5-6-11(15)13(7-10)20(18,19)17-12(8-16)9-3-1-2-4-9;/h5-7,9,12,17H,1-4,8,16H2;1H. The number of hydrogen-bond donors (Lipinski definition) is 2. The van der Waals surface area contributed by atoms with E-state index in [1.165, 1.54) is 6.07 Å². The van der Waals surface area contributed by atoms with Gasteiger partial charge < -0.3 is 5.73 Å². The minimum atomic E-state index is -3.65. The number of nitrogens with one attached hydrogen (secondary N) is 1. The fourth-order valence-electron chi connectivity index (χ4n) is 2.64. The maximum Gasteiger partial charge on any atom is 0.242 e. The molecule has 0 heterocycles. The molecule has 1 aromatic carbocycles. The molecule has 1 aromatic rings. The van der Waals surface area contributed by atoms with E-state index in [-0.39, 0.29) is 28.4 Å². The van der Waals surface area contributed by atoms with E-state index in [1.54, 1.807) is 12.1 Å². The zero-order chi connectivity index (χ0) is 14.8. The highest BCUT2D eigenvalue weighted by atomic mass is 79.9. The number of rotatable bonds is 5. The van der Waals surface area contributed by atoms with Crippen LogP contribution in [0.4, 0.5) is 0 Å². The normalized spacial score (nSPS) is 17.5. The van der Waals surface area contributed by atoms with Crippen molar-refractivity contribution in [2.75, 3.05) is 6.54 Å². The first kappa shape index (κ1) is 19.2. The lowest BCUT2D eigenvalue weighted by atomic mass is 9.99. The van der Waals surface area contributed by atoms with E-state index in [2.05, 4.69) is 20.7 Å². The summed E-state index contributed by atoms with van der Waals surface area (Å²) in [6, 6.07) is 4.55. The average molecular weight is 418 g/mol. The Bertz CT molecular complexity index is 578. The van der Waals surface area contributed by atoms with Gasteiger partial charge in [-0.2, -0.15) is 0 Å². The van der Waals surface area contributed by atoms with Crippen LogP contribution in [0.3, 0.4) is 0 Å². The fourth-order valence-corrected chi connectivity index (χ4v) is 5.00. The van der Waals surface area contributed by atoms with Gasteiger partial charge in [0.05, 0.1) is 5.02 Å². The van der Waals surface area contributed by atoms with Crippen LogP contribution in [0.5, 0.6) is 0 Å². The molecule has 0 aliphatic heterocycles. The van der Waals surface area contributed by atoms with Gasteiger partial charge in [-0.1, -0.05) is 40.4 Å². The first-order valence-electron chi connectivity index (χ1n) is 6.61. The van der Waals surface area contributed by atoms with Gasteiger partial charge >= 0.3 is 0 Å². The van der Waals surface area contributed by atoms with Crippen molar-refractivity contribution in [3.05, 3.63) is 27.7 Å². The van der Waals surface area contributed by atoms with Crippen LogP contribution in [-0.2, 0) is 10.0 Å². The fraction of sp³-hybridized carbons (Fsp3) is 0.538. The predicted octanol–water partition coefficient (Wildman–Crippen LogP) is 3.32. The number of halogens is 3. The smallest absolute Gasteiger partial charge is 0.242 e. The average Bonchev–Trinajstić information content (AvgIpc) is 2.92. The second kappa shape index (κ2) is 8.13. The molecule has 120 valence electrons. The quantitative estimate of drug-likeness (QED) is 0.771. The minimum absolute atomic E-state index is 0.